The largest absolute Gasteiger partial charge is 0.478 e. The second-order valence-corrected chi connectivity index (χ2v) is 8.16. The molecule has 3 amide bonds. The minimum atomic E-state index is -1.22. The van der Waals surface area contributed by atoms with Gasteiger partial charge in [0.1, 0.15) is 17.5 Å². The monoisotopic (exact) mass is 495 g/mol. The van der Waals surface area contributed by atoms with Gasteiger partial charge < -0.3 is 30.1 Å². The van der Waals surface area contributed by atoms with Gasteiger partial charge in [-0.3, -0.25) is 19.2 Å². The van der Waals surface area contributed by atoms with Gasteiger partial charge in [0.25, 0.3) is 11.5 Å². The molecule has 1 fully saturated rings. The average Bonchev–Trinajstić information content (AvgIpc) is 3.45. The maximum atomic E-state index is 13.2. The van der Waals surface area contributed by atoms with Crippen LogP contribution in [0.1, 0.15) is 41.6 Å². The lowest BCUT2D eigenvalue weighted by atomic mass is 9.97. The Morgan fingerprint density at radius 1 is 1.42 bits per heavy atom. The number of carboxylic acids is 1. The van der Waals surface area contributed by atoms with Gasteiger partial charge in [0.15, 0.2) is 5.69 Å². The third-order valence-electron chi connectivity index (χ3n) is 5.53. The number of anilines is 1. The third-order valence-corrected chi connectivity index (χ3v) is 5.53. The van der Waals surface area contributed by atoms with Gasteiger partial charge in [-0.1, -0.05) is 11.2 Å². The number of carbonyl (C=O) groups is 4. The Bertz CT molecular complexity index is 1290. The number of rotatable bonds is 10. The summed E-state index contributed by atoms with van der Waals surface area (Å²) < 4.78 is 5.95. The Hall–Kier alpha value is -4.66. The van der Waals surface area contributed by atoms with Crippen LogP contribution in [0.3, 0.4) is 0 Å². The highest BCUT2D eigenvalue weighted by molar-refractivity contribution is 6.02. The molecule has 3 heterocycles. The lowest BCUT2D eigenvalue weighted by Crippen LogP contribution is -2.43. The minimum absolute atomic E-state index is 0.0239. The molecule has 36 heavy (non-hydrogen) atoms. The SMILES string of the molecule is C#CCC(C(=O)NC(/C=C/C(=O)O)CC1CCNC1=O)n1cccc(NC(=O)c2cc(C)on2)c1=O. The van der Waals surface area contributed by atoms with Crippen molar-refractivity contribution in [3.05, 3.63) is 58.4 Å². The number of nitrogens with zero attached hydrogens (tertiary/aromatic N) is 2. The first-order valence-corrected chi connectivity index (χ1v) is 11.1. The van der Waals surface area contributed by atoms with E-state index in [2.05, 4.69) is 27.0 Å². The molecule has 12 nitrogen and oxygen atoms in total. The number of carbonyl (C=O) groups excluding carboxylic acids is 3. The summed E-state index contributed by atoms with van der Waals surface area (Å²) in [6.45, 7) is 2.11. The van der Waals surface area contributed by atoms with Gasteiger partial charge in [-0.2, -0.15) is 0 Å². The molecule has 0 bridgehead atoms. The van der Waals surface area contributed by atoms with E-state index in [-0.39, 0.29) is 30.1 Å². The van der Waals surface area contributed by atoms with E-state index in [9.17, 15) is 24.0 Å². The summed E-state index contributed by atoms with van der Waals surface area (Å²) in [5, 5.41) is 20.4. The molecule has 188 valence electrons. The molecule has 1 saturated heterocycles. The first-order chi connectivity index (χ1) is 17.2. The van der Waals surface area contributed by atoms with E-state index >= 15 is 0 Å². The fourth-order valence-electron chi connectivity index (χ4n) is 3.78. The van der Waals surface area contributed by atoms with Gasteiger partial charge in [-0.15, -0.1) is 12.3 Å². The van der Waals surface area contributed by atoms with Crippen LogP contribution in [-0.2, 0) is 14.4 Å². The zero-order valence-corrected chi connectivity index (χ0v) is 19.4. The van der Waals surface area contributed by atoms with Crippen molar-refractivity contribution in [2.45, 2.75) is 38.3 Å². The Morgan fingerprint density at radius 2 is 2.19 bits per heavy atom. The summed E-state index contributed by atoms with van der Waals surface area (Å²) in [6.07, 6.45) is 9.52. The minimum Gasteiger partial charge on any atom is -0.478 e. The van der Waals surface area contributed by atoms with E-state index in [0.717, 1.165) is 10.6 Å². The summed E-state index contributed by atoms with van der Waals surface area (Å²) in [5.74, 6) is -0.344. The fraction of sp³-hybridized carbons (Fsp3) is 0.333. The summed E-state index contributed by atoms with van der Waals surface area (Å²) in [7, 11) is 0. The van der Waals surface area contributed by atoms with E-state index in [1.165, 1.54) is 30.5 Å². The summed E-state index contributed by atoms with van der Waals surface area (Å²) in [6, 6.07) is 2.28. The highest BCUT2D eigenvalue weighted by Gasteiger charge is 2.29. The number of hydrogen-bond donors (Lipinski definition) is 4. The summed E-state index contributed by atoms with van der Waals surface area (Å²) >= 11 is 0. The normalized spacial score (nSPS) is 16.7. The smallest absolute Gasteiger partial charge is 0.328 e. The molecule has 1 aliphatic heterocycles. The second kappa shape index (κ2) is 11.7. The molecule has 0 aliphatic carbocycles. The van der Waals surface area contributed by atoms with Gasteiger partial charge >= 0.3 is 5.97 Å². The average molecular weight is 495 g/mol. The molecule has 1 aliphatic rings. The second-order valence-electron chi connectivity index (χ2n) is 8.16. The number of pyridine rings is 1. The number of aryl methyl sites for hydroxylation is 1. The molecule has 3 unspecified atom stereocenters. The topological polar surface area (TPSA) is 173 Å². The predicted octanol–water partition coefficient (Wildman–Crippen LogP) is 0.613. The van der Waals surface area contributed by atoms with E-state index in [4.69, 9.17) is 16.1 Å². The Balaban J connectivity index is 1.83. The lowest BCUT2D eigenvalue weighted by Gasteiger charge is -2.23. The zero-order valence-electron chi connectivity index (χ0n) is 19.4. The van der Waals surface area contributed by atoms with Crippen LogP contribution in [-0.4, -0.2) is 51.1 Å². The van der Waals surface area contributed by atoms with Crippen molar-refractivity contribution < 1.29 is 28.8 Å². The molecule has 2 aromatic heterocycles. The quantitative estimate of drug-likeness (QED) is 0.274. The van der Waals surface area contributed by atoms with E-state index in [1.54, 1.807) is 6.92 Å². The van der Waals surface area contributed by atoms with Crippen molar-refractivity contribution in [2.75, 3.05) is 11.9 Å². The first-order valence-electron chi connectivity index (χ1n) is 11.1. The standard InChI is InChI=1S/C24H25N5O7/c1-3-5-19(23(34)26-16(7-8-20(30)31)13-15-9-10-25-21(15)32)29-11-4-6-17(24(29)35)27-22(33)18-12-14(2)36-28-18/h1,4,6-8,11-12,15-16,19H,5,9-10,13H2,2H3,(H,25,32)(H,26,34)(H,27,33)(H,30,31)/b8-7+. The number of carboxylic acid groups (broad SMARTS) is 1. The number of aliphatic carboxylic acids is 1. The molecule has 4 N–H and O–H groups in total. The Labute approximate surface area is 205 Å². The predicted molar refractivity (Wildman–Crippen MR) is 127 cm³/mol. The zero-order chi connectivity index (χ0) is 26.2. The van der Waals surface area contributed by atoms with Gasteiger partial charge in [0.05, 0.1) is 0 Å². The first kappa shape index (κ1) is 26.0. The number of aromatic nitrogens is 2. The van der Waals surface area contributed by atoms with Crippen molar-refractivity contribution in [3.63, 3.8) is 0 Å². The summed E-state index contributed by atoms with van der Waals surface area (Å²) in [4.78, 5) is 61.7. The Morgan fingerprint density at radius 3 is 2.81 bits per heavy atom. The van der Waals surface area contributed by atoms with Crippen LogP contribution >= 0.6 is 0 Å². The molecular weight excluding hydrogens is 470 g/mol. The Kier molecular flexibility index (Phi) is 8.40. The van der Waals surface area contributed by atoms with Crippen molar-refractivity contribution in [3.8, 4) is 12.3 Å². The fourth-order valence-corrected chi connectivity index (χ4v) is 3.78. The maximum absolute atomic E-state index is 13.2. The number of nitrogens with one attached hydrogen (secondary N) is 3. The van der Waals surface area contributed by atoms with E-state index in [0.29, 0.717) is 18.7 Å². The van der Waals surface area contributed by atoms with Crippen LogP contribution in [0, 0.1) is 25.2 Å². The molecular formula is C24H25N5O7. The molecule has 0 saturated carbocycles. The van der Waals surface area contributed by atoms with Crippen molar-refractivity contribution >= 4 is 29.4 Å². The van der Waals surface area contributed by atoms with Gasteiger partial charge in [0.2, 0.25) is 11.8 Å². The van der Waals surface area contributed by atoms with Crippen LogP contribution in [0.15, 0.2) is 45.9 Å². The van der Waals surface area contributed by atoms with Gasteiger partial charge in [-0.05, 0) is 31.9 Å². The van der Waals surface area contributed by atoms with Crippen LogP contribution in [0.25, 0.3) is 0 Å². The van der Waals surface area contributed by atoms with Crippen LogP contribution in [0.2, 0.25) is 0 Å². The van der Waals surface area contributed by atoms with E-state index in [1.807, 2.05) is 0 Å². The van der Waals surface area contributed by atoms with Crippen LogP contribution in [0.5, 0.6) is 0 Å². The van der Waals surface area contributed by atoms with Crippen molar-refractivity contribution in [1.29, 1.82) is 0 Å². The number of terminal acetylenes is 1. The number of hydrogen-bond acceptors (Lipinski definition) is 7. The maximum Gasteiger partial charge on any atom is 0.328 e. The molecule has 0 spiro atoms. The highest BCUT2D eigenvalue weighted by Crippen LogP contribution is 2.18. The molecule has 3 atom stereocenters. The van der Waals surface area contributed by atoms with Crippen molar-refractivity contribution in [2.24, 2.45) is 5.92 Å². The molecule has 3 rings (SSSR count). The molecule has 0 aromatic carbocycles. The van der Waals surface area contributed by atoms with E-state index < -0.39 is 41.3 Å². The van der Waals surface area contributed by atoms with Gasteiger partial charge in [-0.25, -0.2) is 4.79 Å². The molecule has 0 radical (unpaired) electrons. The third kappa shape index (κ3) is 6.47. The molecule has 2 aromatic rings. The molecule has 12 heteroatoms. The van der Waals surface area contributed by atoms with Gasteiger partial charge in [0, 0.05) is 43.3 Å². The highest BCUT2D eigenvalue weighted by atomic mass is 16.5. The van der Waals surface area contributed by atoms with Crippen LogP contribution < -0.4 is 21.5 Å². The number of amides is 3. The summed E-state index contributed by atoms with van der Waals surface area (Å²) in [5.41, 5.74) is -0.818. The van der Waals surface area contributed by atoms with Crippen LogP contribution in [0.4, 0.5) is 5.69 Å². The van der Waals surface area contributed by atoms with Crippen molar-refractivity contribution in [1.82, 2.24) is 20.4 Å². The lowest BCUT2D eigenvalue weighted by molar-refractivity contribution is -0.131.